The molecule has 1 aromatic rings. The van der Waals surface area contributed by atoms with Crippen LogP contribution in [0, 0.1) is 11.3 Å². The lowest BCUT2D eigenvalue weighted by atomic mass is 10.2. The van der Waals surface area contributed by atoms with Gasteiger partial charge in [0.05, 0.1) is 17.6 Å². The van der Waals surface area contributed by atoms with E-state index < -0.39 is 0 Å². The Labute approximate surface area is 77.9 Å². The minimum Gasteiger partial charge on any atom is -0.369 e. The van der Waals surface area contributed by atoms with Crippen LogP contribution in [-0.2, 0) is 0 Å². The normalized spacial score (nSPS) is 9.92. The molecule has 0 saturated heterocycles. The fourth-order valence-corrected chi connectivity index (χ4v) is 0.858. The highest BCUT2D eigenvalue weighted by Gasteiger charge is 1.96. The first-order valence-corrected chi connectivity index (χ1v) is 3.94. The van der Waals surface area contributed by atoms with E-state index in [1.54, 1.807) is 12.4 Å². The predicted octanol–water partition coefficient (Wildman–Crippen LogP) is 1.78. The van der Waals surface area contributed by atoms with Crippen molar-refractivity contribution in [2.24, 2.45) is 4.99 Å². The Morgan fingerprint density at radius 2 is 2.08 bits per heavy atom. The maximum atomic E-state index is 8.75. The first-order valence-electron chi connectivity index (χ1n) is 3.94. The third-order valence-electron chi connectivity index (χ3n) is 1.45. The lowest BCUT2D eigenvalue weighted by Gasteiger charge is -2.02. The van der Waals surface area contributed by atoms with Crippen molar-refractivity contribution in [1.82, 2.24) is 4.90 Å². The summed E-state index contributed by atoms with van der Waals surface area (Å²) in [6.45, 7) is 0. The minimum atomic E-state index is 0.598. The van der Waals surface area contributed by atoms with Gasteiger partial charge in [-0.25, -0.2) is 4.99 Å². The van der Waals surface area contributed by atoms with Gasteiger partial charge in [0.25, 0.3) is 0 Å². The van der Waals surface area contributed by atoms with Crippen LogP contribution >= 0.6 is 0 Å². The van der Waals surface area contributed by atoms with Gasteiger partial charge in [-0.05, 0) is 12.1 Å². The van der Waals surface area contributed by atoms with Crippen molar-refractivity contribution in [2.75, 3.05) is 14.1 Å². The van der Waals surface area contributed by atoms with Gasteiger partial charge in [-0.15, -0.1) is 0 Å². The van der Waals surface area contributed by atoms with Crippen LogP contribution in [0.4, 0.5) is 5.69 Å². The summed E-state index contributed by atoms with van der Waals surface area (Å²) in [5.74, 6) is 0. The van der Waals surface area contributed by atoms with E-state index in [9.17, 15) is 0 Å². The molecule has 0 fully saturated rings. The van der Waals surface area contributed by atoms with Crippen LogP contribution in [0.3, 0.4) is 0 Å². The van der Waals surface area contributed by atoms with E-state index in [0.717, 1.165) is 0 Å². The van der Waals surface area contributed by atoms with Crippen LogP contribution in [0.1, 0.15) is 5.56 Å². The summed E-state index contributed by atoms with van der Waals surface area (Å²) in [5.41, 5.74) is 1.30. The van der Waals surface area contributed by atoms with E-state index in [2.05, 4.69) is 11.1 Å². The Kier molecular flexibility index (Phi) is 3.04. The second-order valence-electron chi connectivity index (χ2n) is 2.84. The molecule has 0 amide bonds. The molecule has 0 atom stereocenters. The topological polar surface area (TPSA) is 39.4 Å². The molecule has 0 aliphatic heterocycles. The zero-order chi connectivity index (χ0) is 9.68. The minimum absolute atomic E-state index is 0.598. The molecule has 0 aliphatic rings. The molecule has 0 N–H and O–H groups in total. The third kappa shape index (κ3) is 2.60. The lowest BCUT2D eigenvalue weighted by molar-refractivity contribution is 0.643. The van der Waals surface area contributed by atoms with Crippen molar-refractivity contribution < 1.29 is 0 Å². The number of hydrogen-bond donors (Lipinski definition) is 0. The van der Waals surface area contributed by atoms with Gasteiger partial charge in [0.1, 0.15) is 6.07 Å². The van der Waals surface area contributed by atoms with Gasteiger partial charge in [-0.2, -0.15) is 5.26 Å². The van der Waals surface area contributed by atoms with Gasteiger partial charge in [-0.3, -0.25) is 0 Å². The Hall–Kier alpha value is -1.82. The van der Waals surface area contributed by atoms with Gasteiger partial charge in [-0.1, -0.05) is 12.1 Å². The Morgan fingerprint density at radius 1 is 1.38 bits per heavy atom. The number of hydrogen-bond acceptors (Lipinski definition) is 2. The smallest absolute Gasteiger partial charge is 0.101 e. The first-order chi connectivity index (χ1) is 6.24. The van der Waals surface area contributed by atoms with E-state index in [1.165, 1.54) is 0 Å². The van der Waals surface area contributed by atoms with Crippen LogP contribution in [0.25, 0.3) is 0 Å². The number of para-hydroxylation sites is 1. The standard InChI is InChI=1S/C10H11N3/c1-13(2)8-12-10-6-4-3-5-9(10)7-11/h3-6,8H,1-2H3/b12-8+. The molecular weight excluding hydrogens is 162 g/mol. The fourth-order valence-electron chi connectivity index (χ4n) is 0.858. The van der Waals surface area contributed by atoms with Crippen molar-refractivity contribution in [3.05, 3.63) is 29.8 Å². The maximum Gasteiger partial charge on any atom is 0.101 e. The van der Waals surface area contributed by atoms with Gasteiger partial charge in [0, 0.05) is 14.1 Å². The Morgan fingerprint density at radius 3 is 2.69 bits per heavy atom. The molecule has 1 aromatic carbocycles. The summed E-state index contributed by atoms with van der Waals surface area (Å²) >= 11 is 0. The van der Waals surface area contributed by atoms with Crippen molar-refractivity contribution in [3.63, 3.8) is 0 Å². The van der Waals surface area contributed by atoms with Crippen molar-refractivity contribution >= 4 is 12.0 Å². The first kappa shape index (κ1) is 9.27. The summed E-state index contributed by atoms with van der Waals surface area (Å²) in [4.78, 5) is 5.98. The average Bonchev–Trinajstić information content (AvgIpc) is 2.15. The number of nitrogens with zero attached hydrogens (tertiary/aromatic N) is 3. The van der Waals surface area contributed by atoms with Crippen molar-refractivity contribution in [3.8, 4) is 6.07 Å². The Bertz CT molecular complexity index is 347. The molecular formula is C10H11N3. The van der Waals surface area contributed by atoms with E-state index in [1.807, 2.05) is 37.2 Å². The number of benzene rings is 1. The maximum absolute atomic E-state index is 8.75. The number of nitriles is 1. The Balaban J connectivity index is 2.95. The van der Waals surface area contributed by atoms with Crippen LogP contribution in [-0.4, -0.2) is 25.3 Å². The molecule has 0 radical (unpaired) electrons. The molecule has 0 heterocycles. The van der Waals surface area contributed by atoms with Gasteiger partial charge < -0.3 is 4.90 Å². The van der Waals surface area contributed by atoms with E-state index in [-0.39, 0.29) is 0 Å². The van der Waals surface area contributed by atoms with Crippen LogP contribution < -0.4 is 0 Å². The summed E-state index contributed by atoms with van der Waals surface area (Å²) in [6.07, 6.45) is 1.68. The molecule has 3 nitrogen and oxygen atoms in total. The quantitative estimate of drug-likeness (QED) is 0.505. The largest absolute Gasteiger partial charge is 0.369 e. The SMILES string of the molecule is CN(C)/C=N/c1ccccc1C#N. The van der Waals surface area contributed by atoms with E-state index in [4.69, 9.17) is 5.26 Å². The summed E-state index contributed by atoms with van der Waals surface area (Å²) < 4.78 is 0. The molecule has 0 aliphatic carbocycles. The summed E-state index contributed by atoms with van der Waals surface area (Å²) in [5, 5.41) is 8.75. The highest BCUT2D eigenvalue weighted by Crippen LogP contribution is 2.16. The van der Waals surface area contributed by atoms with Gasteiger partial charge >= 0.3 is 0 Å². The molecule has 0 spiro atoms. The molecule has 0 unspecified atom stereocenters. The van der Waals surface area contributed by atoms with E-state index >= 15 is 0 Å². The fraction of sp³-hybridized carbons (Fsp3) is 0.200. The highest BCUT2D eigenvalue weighted by molar-refractivity contribution is 5.64. The zero-order valence-corrected chi connectivity index (χ0v) is 7.73. The van der Waals surface area contributed by atoms with Crippen LogP contribution in [0.15, 0.2) is 29.3 Å². The van der Waals surface area contributed by atoms with Gasteiger partial charge in [0.2, 0.25) is 0 Å². The molecule has 0 saturated carbocycles. The van der Waals surface area contributed by atoms with E-state index in [0.29, 0.717) is 11.3 Å². The summed E-state index contributed by atoms with van der Waals surface area (Å²) in [7, 11) is 3.77. The molecule has 1 rings (SSSR count). The van der Waals surface area contributed by atoms with Gasteiger partial charge in [0.15, 0.2) is 0 Å². The predicted molar refractivity (Wildman–Crippen MR) is 53.0 cm³/mol. The highest BCUT2D eigenvalue weighted by atomic mass is 15.1. The number of aliphatic imine (C=N–C) groups is 1. The van der Waals surface area contributed by atoms with Crippen molar-refractivity contribution in [2.45, 2.75) is 0 Å². The number of rotatable bonds is 2. The third-order valence-corrected chi connectivity index (χ3v) is 1.45. The second-order valence-corrected chi connectivity index (χ2v) is 2.84. The molecule has 0 aromatic heterocycles. The molecule has 66 valence electrons. The summed E-state index contributed by atoms with van der Waals surface area (Å²) in [6, 6.07) is 9.35. The van der Waals surface area contributed by atoms with Crippen LogP contribution in [0.2, 0.25) is 0 Å². The molecule has 0 bridgehead atoms. The average molecular weight is 173 g/mol. The van der Waals surface area contributed by atoms with Crippen molar-refractivity contribution in [1.29, 1.82) is 5.26 Å². The second kappa shape index (κ2) is 4.27. The lowest BCUT2D eigenvalue weighted by Crippen LogP contribution is -2.07. The van der Waals surface area contributed by atoms with Crippen LogP contribution in [0.5, 0.6) is 0 Å². The molecule has 3 heteroatoms. The molecule has 13 heavy (non-hydrogen) atoms. The zero-order valence-electron chi connectivity index (χ0n) is 7.73. The monoisotopic (exact) mass is 173 g/mol.